The Hall–Kier alpha value is -3.68. The van der Waals surface area contributed by atoms with E-state index < -0.39 is 10.9 Å². The van der Waals surface area contributed by atoms with Gasteiger partial charge in [-0.1, -0.05) is 30.3 Å². The number of rotatable bonds is 5. The highest BCUT2D eigenvalue weighted by Gasteiger charge is 2.25. The van der Waals surface area contributed by atoms with Gasteiger partial charge in [-0.05, 0) is 19.1 Å². The summed E-state index contributed by atoms with van der Waals surface area (Å²) in [6.07, 6.45) is 0. The van der Waals surface area contributed by atoms with E-state index in [9.17, 15) is 14.9 Å². The number of nitrogen functional groups attached to an aromatic ring is 1. The van der Waals surface area contributed by atoms with Crippen LogP contribution in [-0.2, 0) is 4.74 Å². The van der Waals surface area contributed by atoms with Crippen LogP contribution in [0.25, 0.3) is 16.9 Å². The van der Waals surface area contributed by atoms with Crippen molar-refractivity contribution in [1.82, 2.24) is 9.78 Å². The van der Waals surface area contributed by atoms with Crippen molar-refractivity contribution in [2.75, 3.05) is 12.3 Å². The first-order valence-corrected chi connectivity index (χ1v) is 7.88. The molecule has 3 aromatic rings. The number of benzene rings is 2. The molecule has 0 amide bonds. The zero-order valence-electron chi connectivity index (χ0n) is 14.0. The summed E-state index contributed by atoms with van der Waals surface area (Å²) < 4.78 is 6.48. The largest absolute Gasteiger partial charge is 0.462 e. The van der Waals surface area contributed by atoms with Crippen molar-refractivity contribution < 1.29 is 14.5 Å². The molecule has 0 atom stereocenters. The quantitative estimate of drug-likeness (QED) is 0.428. The molecule has 1 heterocycles. The molecule has 0 aliphatic rings. The van der Waals surface area contributed by atoms with E-state index >= 15 is 0 Å². The molecule has 0 aliphatic heterocycles. The molecule has 0 unspecified atom stereocenters. The van der Waals surface area contributed by atoms with Gasteiger partial charge in [-0.15, -0.1) is 0 Å². The monoisotopic (exact) mass is 352 g/mol. The maximum Gasteiger partial charge on any atom is 0.344 e. The SMILES string of the molecule is CCOC(=O)c1c(-c2ccccc2)nn(-c2ccc([N+](=O)[O-])cc2)c1N. The van der Waals surface area contributed by atoms with Crippen LogP contribution in [0.15, 0.2) is 54.6 Å². The van der Waals surface area contributed by atoms with Gasteiger partial charge >= 0.3 is 5.97 Å². The number of aromatic nitrogens is 2. The molecule has 0 saturated carbocycles. The molecule has 26 heavy (non-hydrogen) atoms. The number of nitrogens with two attached hydrogens (primary N) is 1. The van der Waals surface area contributed by atoms with Gasteiger partial charge in [0.15, 0.2) is 0 Å². The van der Waals surface area contributed by atoms with E-state index in [2.05, 4.69) is 5.10 Å². The lowest BCUT2D eigenvalue weighted by Crippen LogP contribution is -2.09. The van der Waals surface area contributed by atoms with E-state index in [0.717, 1.165) is 0 Å². The minimum Gasteiger partial charge on any atom is -0.462 e. The van der Waals surface area contributed by atoms with E-state index in [1.54, 1.807) is 6.92 Å². The first-order valence-electron chi connectivity index (χ1n) is 7.88. The van der Waals surface area contributed by atoms with Crippen molar-refractivity contribution in [3.63, 3.8) is 0 Å². The summed E-state index contributed by atoms with van der Waals surface area (Å²) in [5.74, 6) is -0.465. The van der Waals surface area contributed by atoms with E-state index in [0.29, 0.717) is 16.9 Å². The molecular formula is C18H16N4O4. The van der Waals surface area contributed by atoms with Gasteiger partial charge in [0.1, 0.15) is 17.1 Å². The highest BCUT2D eigenvalue weighted by Crippen LogP contribution is 2.30. The van der Waals surface area contributed by atoms with Crippen LogP contribution in [0, 0.1) is 10.1 Å². The van der Waals surface area contributed by atoms with Gasteiger partial charge in [0.2, 0.25) is 0 Å². The molecule has 8 heteroatoms. The summed E-state index contributed by atoms with van der Waals surface area (Å²) in [6, 6.07) is 14.9. The van der Waals surface area contributed by atoms with Gasteiger partial charge in [-0.3, -0.25) is 10.1 Å². The molecule has 132 valence electrons. The second-order valence-corrected chi connectivity index (χ2v) is 5.38. The molecule has 8 nitrogen and oxygen atoms in total. The van der Waals surface area contributed by atoms with Crippen molar-refractivity contribution in [3.8, 4) is 16.9 Å². The molecule has 0 spiro atoms. The van der Waals surface area contributed by atoms with E-state index in [1.807, 2.05) is 30.3 Å². The summed E-state index contributed by atoms with van der Waals surface area (Å²) >= 11 is 0. The number of hydrogen-bond acceptors (Lipinski definition) is 6. The molecule has 0 aliphatic carbocycles. The van der Waals surface area contributed by atoms with Crippen molar-refractivity contribution in [2.24, 2.45) is 0 Å². The summed E-state index contributed by atoms with van der Waals surface area (Å²) in [5, 5.41) is 15.3. The Morgan fingerprint density at radius 1 is 1.19 bits per heavy atom. The van der Waals surface area contributed by atoms with Crippen LogP contribution < -0.4 is 5.73 Å². The minimum atomic E-state index is -0.572. The van der Waals surface area contributed by atoms with E-state index in [4.69, 9.17) is 10.5 Å². The van der Waals surface area contributed by atoms with Crippen LogP contribution in [0.4, 0.5) is 11.5 Å². The number of ether oxygens (including phenoxy) is 1. The molecule has 2 N–H and O–H groups in total. The Labute approximate surface area is 149 Å². The average Bonchev–Trinajstić information content (AvgIpc) is 3.00. The van der Waals surface area contributed by atoms with Crippen LogP contribution in [-0.4, -0.2) is 27.3 Å². The van der Waals surface area contributed by atoms with Crippen LogP contribution in [0.3, 0.4) is 0 Å². The zero-order valence-corrected chi connectivity index (χ0v) is 14.0. The molecule has 3 rings (SSSR count). The number of anilines is 1. The number of nitro benzene ring substituents is 1. The number of hydrogen-bond donors (Lipinski definition) is 1. The third kappa shape index (κ3) is 3.12. The summed E-state index contributed by atoms with van der Waals surface area (Å²) in [6.45, 7) is 1.91. The Kier molecular flexibility index (Phi) is 4.66. The minimum absolute atomic E-state index is 0.0478. The second-order valence-electron chi connectivity index (χ2n) is 5.38. The molecule has 0 bridgehead atoms. The highest BCUT2D eigenvalue weighted by atomic mass is 16.6. The average molecular weight is 352 g/mol. The number of nitro groups is 1. The number of esters is 1. The molecule has 1 aromatic heterocycles. The van der Waals surface area contributed by atoms with E-state index in [-0.39, 0.29) is 23.7 Å². The van der Waals surface area contributed by atoms with Crippen LogP contribution >= 0.6 is 0 Å². The Balaban J connectivity index is 2.15. The number of carbonyl (C=O) groups is 1. The summed E-state index contributed by atoms with van der Waals surface area (Å²) in [5.41, 5.74) is 7.88. The first kappa shape index (κ1) is 17.2. The maximum atomic E-state index is 12.4. The van der Waals surface area contributed by atoms with Gasteiger partial charge in [0.05, 0.1) is 17.2 Å². The van der Waals surface area contributed by atoms with Crippen molar-refractivity contribution >= 4 is 17.5 Å². The summed E-state index contributed by atoms with van der Waals surface area (Å²) in [4.78, 5) is 22.7. The third-order valence-corrected chi connectivity index (χ3v) is 3.75. The van der Waals surface area contributed by atoms with Crippen molar-refractivity contribution in [1.29, 1.82) is 0 Å². The number of non-ortho nitro benzene ring substituents is 1. The van der Waals surface area contributed by atoms with Gasteiger partial charge in [-0.2, -0.15) is 5.10 Å². The molecule has 0 fully saturated rings. The lowest BCUT2D eigenvalue weighted by molar-refractivity contribution is -0.384. The lowest BCUT2D eigenvalue weighted by Gasteiger charge is -2.05. The molecule has 0 saturated heterocycles. The normalized spacial score (nSPS) is 10.5. The fraction of sp³-hybridized carbons (Fsp3) is 0.111. The second kappa shape index (κ2) is 7.06. The van der Waals surface area contributed by atoms with Crippen LogP contribution in [0.1, 0.15) is 17.3 Å². The summed E-state index contributed by atoms with van der Waals surface area (Å²) in [7, 11) is 0. The Bertz CT molecular complexity index is 949. The fourth-order valence-electron chi connectivity index (χ4n) is 2.55. The van der Waals surface area contributed by atoms with Gasteiger partial charge < -0.3 is 10.5 Å². The van der Waals surface area contributed by atoms with Crippen molar-refractivity contribution in [2.45, 2.75) is 6.92 Å². The standard InChI is InChI=1S/C18H16N4O4/c1-2-26-18(23)15-16(12-6-4-3-5-7-12)20-21(17(15)19)13-8-10-14(11-9-13)22(24)25/h3-11H,2,19H2,1H3. The lowest BCUT2D eigenvalue weighted by atomic mass is 10.1. The predicted molar refractivity (Wildman–Crippen MR) is 96.0 cm³/mol. The first-order chi connectivity index (χ1) is 12.5. The molecule has 0 radical (unpaired) electrons. The van der Waals surface area contributed by atoms with E-state index in [1.165, 1.54) is 28.9 Å². The smallest absolute Gasteiger partial charge is 0.344 e. The third-order valence-electron chi connectivity index (χ3n) is 3.75. The number of carbonyl (C=O) groups excluding carboxylic acids is 1. The Morgan fingerprint density at radius 2 is 1.85 bits per heavy atom. The predicted octanol–water partition coefficient (Wildman–Crippen LogP) is 3.21. The van der Waals surface area contributed by atoms with Crippen LogP contribution in [0.5, 0.6) is 0 Å². The zero-order chi connectivity index (χ0) is 18.7. The fourth-order valence-corrected chi connectivity index (χ4v) is 2.55. The highest BCUT2D eigenvalue weighted by molar-refractivity contribution is 6.01. The topological polar surface area (TPSA) is 113 Å². The maximum absolute atomic E-state index is 12.4. The van der Waals surface area contributed by atoms with Gasteiger partial charge in [0.25, 0.3) is 5.69 Å². The molecule has 2 aromatic carbocycles. The van der Waals surface area contributed by atoms with Crippen LogP contribution in [0.2, 0.25) is 0 Å². The van der Waals surface area contributed by atoms with Gasteiger partial charge in [-0.25, -0.2) is 9.48 Å². The molecular weight excluding hydrogens is 336 g/mol. The number of nitrogens with zero attached hydrogens (tertiary/aromatic N) is 3. The van der Waals surface area contributed by atoms with Gasteiger partial charge in [0, 0.05) is 17.7 Å². The Morgan fingerprint density at radius 3 is 2.42 bits per heavy atom. The van der Waals surface area contributed by atoms with Crippen molar-refractivity contribution in [3.05, 3.63) is 70.3 Å².